The van der Waals surface area contributed by atoms with Crippen molar-refractivity contribution in [2.75, 3.05) is 0 Å². The molecule has 0 aromatic carbocycles. The molecule has 4 heteroatoms. The van der Waals surface area contributed by atoms with Gasteiger partial charge in [-0.25, -0.2) is 9.31 Å². The van der Waals surface area contributed by atoms with Gasteiger partial charge in [0, 0.05) is 6.20 Å². The molecule has 0 aliphatic rings. The summed E-state index contributed by atoms with van der Waals surface area (Å²) in [6, 6.07) is 3.38. The van der Waals surface area contributed by atoms with Crippen LogP contribution in [0.1, 0.15) is 22.8 Å². The highest BCUT2D eigenvalue weighted by atomic mass is 16.4. The summed E-state index contributed by atoms with van der Waals surface area (Å²) in [5.41, 5.74) is 2.35. The van der Waals surface area contributed by atoms with Gasteiger partial charge in [0.05, 0.1) is 17.3 Å². The number of aromatic carboxylic acids is 1. The first-order valence-electron chi connectivity index (χ1n) is 4.42. The van der Waals surface area contributed by atoms with Crippen LogP contribution in [0.15, 0.2) is 24.5 Å². The first-order chi connectivity index (χ1) is 6.72. The Morgan fingerprint density at radius 2 is 2.36 bits per heavy atom. The zero-order valence-corrected chi connectivity index (χ0v) is 7.77. The molecule has 0 unspecified atom stereocenters. The van der Waals surface area contributed by atoms with Crippen molar-refractivity contribution in [1.82, 2.24) is 9.61 Å². The van der Waals surface area contributed by atoms with Gasteiger partial charge in [-0.05, 0) is 24.1 Å². The third-order valence-corrected chi connectivity index (χ3v) is 2.22. The Morgan fingerprint density at radius 1 is 1.57 bits per heavy atom. The number of hydrogen-bond donors (Lipinski definition) is 1. The number of nitrogens with zero attached hydrogens (tertiary/aromatic N) is 2. The lowest BCUT2D eigenvalue weighted by molar-refractivity contribution is 0.0696. The molecule has 0 fully saturated rings. The summed E-state index contributed by atoms with van der Waals surface area (Å²) >= 11 is 0. The number of carbonyl (C=O) groups is 1. The lowest BCUT2D eigenvalue weighted by Crippen LogP contribution is -1.99. The van der Waals surface area contributed by atoms with Gasteiger partial charge in [0.15, 0.2) is 0 Å². The standard InChI is InChI=1S/C10H10N2O2/c1-2-7-5-11-12-6-8(10(13)14)3-4-9(7)12/h3-6H,2H2,1H3,(H,13,14). The molecule has 14 heavy (non-hydrogen) atoms. The molecule has 0 bridgehead atoms. The summed E-state index contributed by atoms with van der Waals surface area (Å²) < 4.78 is 1.60. The van der Waals surface area contributed by atoms with Gasteiger partial charge in [0.2, 0.25) is 0 Å². The lowest BCUT2D eigenvalue weighted by Gasteiger charge is -1.97. The zero-order valence-electron chi connectivity index (χ0n) is 7.77. The summed E-state index contributed by atoms with van der Waals surface area (Å²) in [6.07, 6.45) is 4.19. The van der Waals surface area contributed by atoms with Crippen molar-refractivity contribution in [1.29, 1.82) is 0 Å². The fraction of sp³-hybridized carbons (Fsp3) is 0.200. The van der Waals surface area contributed by atoms with Gasteiger partial charge in [-0.15, -0.1) is 0 Å². The van der Waals surface area contributed by atoms with E-state index in [1.54, 1.807) is 22.8 Å². The molecule has 2 aromatic rings. The number of carboxylic acids is 1. The maximum absolute atomic E-state index is 10.7. The van der Waals surface area contributed by atoms with E-state index in [0.717, 1.165) is 17.5 Å². The second kappa shape index (κ2) is 3.14. The minimum atomic E-state index is -0.930. The molecule has 0 spiro atoms. The molecule has 4 nitrogen and oxygen atoms in total. The van der Waals surface area contributed by atoms with Gasteiger partial charge in [0.1, 0.15) is 0 Å². The molecular weight excluding hydrogens is 180 g/mol. The van der Waals surface area contributed by atoms with Crippen LogP contribution in [0.4, 0.5) is 0 Å². The van der Waals surface area contributed by atoms with Crippen molar-refractivity contribution < 1.29 is 9.90 Å². The van der Waals surface area contributed by atoms with Crippen LogP contribution in [0, 0.1) is 0 Å². The van der Waals surface area contributed by atoms with Crippen LogP contribution in [0.3, 0.4) is 0 Å². The third-order valence-electron chi connectivity index (χ3n) is 2.22. The topological polar surface area (TPSA) is 54.6 Å². The highest BCUT2D eigenvalue weighted by Crippen LogP contribution is 2.12. The van der Waals surface area contributed by atoms with Gasteiger partial charge in [0.25, 0.3) is 0 Å². The van der Waals surface area contributed by atoms with E-state index >= 15 is 0 Å². The van der Waals surface area contributed by atoms with Crippen molar-refractivity contribution in [3.8, 4) is 0 Å². The van der Waals surface area contributed by atoms with E-state index in [1.165, 1.54) is 6.20 Å². The summed E-state index contributed by atoms with van der Waals surface area (Å²) in [5.74, 6) is -0.930. The lowest BCUT2D eigenvalue weighted by atomic mass is 10.2. The SMILES string of the molecule is CCc1cnn2cc(C(=O)O)ccc12. The number of hydrogen-bond acceptors (Lipinski definition) is 2. The summed E-state index contributed by atoms with van der Waals surface area (Å²) in [4.78, 5) is 10.7. The summed E-state index contributed by atoms with van der Waals surface area (Å²) in [5, 5.41) is 12.9. The number of carboxylic acid groups (broad SMARTS) is 1. The largest absolute Gasteiger partial charge is 0.478 e. The van der Waals surface area contributed by atoms with Crippen molar-refractivity contribution in [3.63, 3.8) is 0 Å². The average molecular weight is 190 g/mol. The predicted octanol–water partition coefficient (Wildman–Crippen LogP) is 1.59. The van der Waals surface area contributed by atoms with Gasteiger partial charge in [-0.3, -0.25) is 0 Å². The van der Waals surface area contributed by atoms with E-state index in [2.05, 4.69) is 5.10 Å². The van der Waals surface area contributed by atoms with Crippen LogP contribution in [0.2, 0.25) is 0 Å². The summed E-state index contributed by atoms with van der Waals surface area (Å²) in [6.45, 7) is 2.04. The fourth-order valence-electron chi connectivity index (χ4n) is 1.44. The second-order valence-corrected chi connectivity index (χ2v) is 3.08. The molecule has 0 atom stereocenters. The quantitative estimate of drug-likeness (QED) is 0.782. The van der Waals surface area contributed by atoms with E-state index in [-0.39, 0.29) is 5.56 Å². The molecule has 2 aromatic heterocycles. The van der Waals surface area contributed by atoms with Crippen molar-refractivity contribution in [2.24, 2.45) is 0 Å². The van der Waals surface area contributed by atoms with Gasteiger partial charge in [-0.1, -0.05) is 6.92 Å². The van der Waals surface area contributed by atoms with E-state index in [1.807, 2.05) is 6.92 Å². The minimum Gasteiger partial charge on any atom is -0.478 e. The second-order valence-electron chi connectivity index (χ2n) is 3.08. The Kier molecular flexibility index (Phi) is 1.96. The number of aromatic nitrogens is 2. The monoisotopic (exact) mass is 190 g/mol. The van der Waals surface area contributed by atoms with Crippen LogP contribution in [0.5, 0.6) is 0 Å². The molecule has 1 N–H and O–H groups in total. The van der Waals surface area contributed by atoms with E-state index in [9.17, 15) is 4.79 Å². The van der Waals surface area contributed by atoms with E-state index < -0.39 is 5.97 Å². The number of fused-ring (bicyclic) bond motifs is 1. The molecule has 0 radical (unpaired) electrons. The van der Waals surface area contributed by atoms with Crippen molar-refractivity contribution >= 4 is 11.5 Å². The molecular formula is C10H10N2O2. The average Bonchev–Trinajstić information content (AvgIpc) is 2.59. The molecule has 0 aliphatic carbocycles. The highest BCUT2D eigenvalue weighted by Gasteiger charge is 2.06. The van der Waals surface area contributed by atoms with E-state index in [4.69, 9.17) is 5.11 Å². The Balaban J connectivity index is 2.63. The van der Waals surface area contributed by atoms with Crippen LogP contribution < -0.4 is 0 Å². The van der Waals surface area contributed by atoms with Gasteiger partial charge < -0.3 is 5.11 Å². The molecule has 0 saturated heterocycles. The maximum atomic E-state index is 10.7. The van der Waals surface area contributed by atoms with Gasteiger partial charge in [-0.2, -0.15) is 5.10 Å². The molecule has 2 rings (SSSR count). The first kappa shape index (κ1) is 8.74. The normalized spacial score (nSPS) is 10.6. The number of rotatable bonds is 2. The van der Waals surface area contributed by atoms with Crippen molar-refractivity contribution in [3.05, 3.63) is 35.7 Å². The molecule has 0 aliphatic heterocycles. The number of pyridine rings is 1. The Morgan fingerprint density at radius 3 is 3.00 bits per heavy atom. The molecule has 0 saturated carbocycles. The molecule has 72 valence electrons. The smallest absolute Gasteiger partial charge is 0.337 e. The predicted molar refractivity (Wildman–Crippen MR) is 51.5 cm³/mol. The van der Waals surface area contributed by atoms with Crippen LogP contribution in [-0.4, -0.2) is 20.7 Å². The Labute approximate surface area is 80.8 Å². The third kappa shape index (κ3) is 1.25. The fourth-order valence-corrected chi connectivity index (χ4v) is 1.44. The minimum absolute atomic E-state index is 0.253. The molecule has 2 heterocycles. The van der Waals surface area contributed by atoms with Crippen molar-refractivity contribution in [2.45, 2.75) is 13.3 Å². The zero-order chi connectivity index (χ0) is 10.1. The molecule has 0 amide bonds. The highest BCUT2D eigenvalue weighted by molar-refractivity contribution is 5.87. The van der Waals surface area contributed by atoms with Gasteiger partial charge >= 0.3 is 5.97 Å². The van der Waals surface area contributed by atoms with Crippen LogP contribution in [-0.2, 0) is 6.42 Å². The van der Waals surface area contributed by atoms with E-state index in [0.29, 0.717) is 0 Å². The first-order valence-corrected chi connectivity index (χ1v) is 4.42. The van der Waals surface area contributed by atoms with Crippen LogP contribution in [0.25, 0.3) is 5.52 Å². The number of aryl methyl sites for hydroxylation is 1. The Bertz CT molecular complexity index is 488. The maximum Gasteiger partial charge on any atom is 0.337 e. The van der Waals surface area contributed by atoms with Crippen LogP contribution >= 0.6 is 0 Å². The Hall–Kier alpha value is -1.84. The summed E-state index contributed by atoms with van der Waals surface area (Å²) in [7, 11) is 0.